The van der Waals surface area contributed by atoms with Crippen molar-refractivity contribution in [1.82, 2.24) is 5.32 Å². The second-order valence-electron chi connectivity index (χ2n) is 4.48. The Morgan fingerprint density at radius 2 is 1.79 bits per heavy atom. The minimum Gasteiger partial charge on any atom is -0.459 e. The molecule has 0 unspecified atom stereocenters. The summed E-state index contributed by atoms with van der Waals surface area (Å²) in [6.07, 6.45) is 2.08. The molecule has 0 aliphatic carbocycles. The van der Waals surface area contributed by atoms with Crippen molar-refractivity contribution in [3.63, 3.8) is 0 Å². The fourth-order valence-corrected chi connectivity index (χ4v) is 1.18. The van der Waals surface area contributed by atoms with Crippen LogP contribution in [-0.2, 0) is 9.53 Å². The van der Waals surface area contributed by atoms with E-state index in [1.807, 2.05) is 20.8 Å². The van der Waals surface area contributed by atoms with E-state index in [-0.39, 0.29) is 11.6 Å². The molecule has 0 saturated heterocycles. The highest BCUT2D eigenvalue weighted by Crippen LogP contribution is 2.06. The fourth-order valence-electron chi connectivity index (χ4n) is 1.18. The zero-order chi connectivity index (χ0) is 11.2. The van der Waals surface area contributed by atoms with Crippen LogP contribution < -0.4 is 5.32 Å². The van der Waals surface area contributed by atoms with Gasteiger partial charge in [0.05, 0.1) is 6.54 Å². The van der Waals surface area contributed by atoms with Gasteiger partial charge in [-0.1, -0.05) is 13.8 Å². The van der Waals surface area contributed by atoms with Crippen LogP contribution in [0, 0.1) is 0 Å². The Balaban J connectivity index is 3.74. The van der Waals surface area contributed by atoms with E-state index in [0.717, 1.165) is 12.8 Å². The van der Waals surface area contributed by atoms with Crippen molar-refractivity contribution in [3.8, 4) is 0 Å². The van der Waals surface area contributed by atoms with Gasteiger partial charge in [0.1, 0.15) is 5.60 Å². The molecule has 0 spiro atoms. The average Bonchev–Trinajstić information content (AvgIpc) is 2.03. The Morgan fingerprint density at radius 3 is 2.14 bits per heavy atom. The van der Waals surface area contributed by atoms with E-state index in [1.54, 1.807) is 0 Å². The number of ether oxygens (including phenoxy) is 1. The lowest BCUT2D eigenvalue weighted by molar-refractivity contribution is -0.153. The maximum absolute atomic E-state index is 11.3. The minimum absolute atomic E-state index is 0.176. The standard InChI is InChI=1S/C11H23NO2/c1-6-9(7-2)12-8-10(13)14-11(3,4)5/h9,12H,6-8H2,1-5H3. The molecular weight excluding hydrogens is 178 g/mol. The van der Waals surface area contributed by atoms with E-state index in [1.165, 1.54) is 0 Å². The molecule has 0 saturated carbocycles. The SMILES string of the molecule is CCC(CC)NCC(=O)OC(C)(C)C. The molecule has 0 atom stereocenters. The van der Waals surface area contributed by atoms with Crippen molar-refractivity contribution in [2.75, 3.05) is 6.54 Å². The summed E-state index contributed by atoms with van der Waals surface area (Å²) in [6.45, 7) is 10.2. The zero-order valence-electron chi connectivity index (χ0n) is 10.0. The minimum atomic E-state index is -0.382. The van der Waals surface area contributed by atoms with Gasteiger partial charge in [-0.2, -0.15) is 0 Å². The molecule has 0 heterocycles. The number of esters is 1. The Kier molecular flexibility index (Phi) is 5.77. The molecule has 0 aromatic rings. The van der Waals surface area contributed by atoms with E-state index in [4.69, 9.17) is 4.74 Å². The Hall–Kier alpha value is -0.570. The maximum atomic E-state index is 11.3. The van der Waals surface area contributed by atoms with Crippen LogP contribution in [0.1, 0.15) is 47.5 Å². The molecule has 14 heavy (non-hydrogen) atoms. The summed E-state index contributed by atoms with van der Waals surface area (Å²) in [5.74, 6) is -0.176. The fraction of sp³-hybridized carbons (Fsp3) is 0.909. The normalized spacial score (nSPS) is 11.9. The van der Waals surface area contributed by atoms with Gasteiger partial charge in [0.25, 0.3) is 0 Å². The molecule has 84 valence electrons. The Labute approximate surface area is 87.2 Å². The van der Waals surface area contributed by atoms with Crippen LogP contribution in [0.25, 0.3) is 0 Å². The molecular formula is C11H23NO2. The summed E-state index contributed by atoms with van der Waals surface area (Å²) >= 11 is 0. The first-order chi connectivity index (χ1) is 6.39. The van der Waals surface area contributed by atoms with Gasteiger partial charge >= 0.3 is 5.97 Å². The summed E-state index contributed by atoms with van der Waals surface area (Å²) < 4.78 is 5.18. The van der Waals surface area contributed by atoms with Crippen molar-refractivity contribution in [1.29, 1.82) is 0 Å². The molecule has 1 N–H and O–H groups in total. The highest BCUT2D eigenvalue weighted by atomic mass is 16.6. The summed E-state index contributed by atoms with van der Waals surface area (Å²) in [6, 6.07) is 0.419. The van der Waals surface area contributed by atoms with Crippen molar-refractivity contribution < 1.29 is 9.53 Å². The second-order valence-corrected chi connectivity index (χ2v) is 4.48. The van der Waals surface area contributed by atoms with Crippen LogP contribution >= 0.6 is 0 Å². The Bertz CT molecular complexity index is 169. The van der Waals surface area contributed by atoms with E-state index in [0.29, 0.717) is 12.6 Å². The number of carbonyl (C=O) groups excluding carboxylic acids is 1. The molecule has 3 nitrogen and oxygen atoms in total. The van der Waals surface area contributed by atoms with Crippen LogP contribution in [0.2, 0.25) is 0 Å². The third-order valence-electron chi connectivity index (χ3n) is 1.94. The summed E-state index contributed by atoms with van der Waals surface area (Å²) in [7, 11) is 0. The lowest BCUT2D eigenvalue weighted by Gasteiger charge is -2.21. The first kappa shape index (κ1) is 13.4. The van der Waals surface area contributed by atoms with Crippen LogP contribution in [0.5, 0.6) is 0 Å². The largest absolute Gasteiger partial charge is 0.459 e. The molecule has 0 amide bonds. The molecule has 0 aromatic carbocycles. The predicted molar refractivity (Wildman–Crippen MR) is 58.2 cm³/mol. The highest BCUT2D eigenvalue weighted by Gasteiger charge is 2.16. The lowest BCUT2D eigenvalue weighted by atomic mass is 10.2. The predicted octanol–water partition coefficient (Wildman–Crippen LogP) is 2.11. The third-order valence-corrected chi connectivity index (χ3v) is 1.94. The summed E-state index contributed by atoms with van der Waals surface area (Å²) in [5.41, 5.74) is -0.382. The molecule has 0 radical (unpaired) electrons. The molecule has 0 aliphatic heterocycles. The summed E-state index contributed by atoms with van der Waals surface area (Å²) in [5, 5.41) is 3.17. The number of rotatable bonds is 5. The second kappa shape index (κ2) is 6.02. The van der Waals surface area contributed by atoms with Crippen LogP contribution in [0.3, 0.4) is 0 Å². The van der Waals surface area contributed by atoms with Crippen molar-refractivity contribution >= 4 is 5.97 Å². The molecule has 0 aromatic heterocycles. The van der Waals surface area contributed by atoms with E-state index < -0.39 is 0 Å². The van der Waals surface area contributed by atoms with Gasteiger partial charge in [0, 0.05) is 6.04 Å². The summed E-state index contributed by atoms with van der Waals surface area (Å²) in [4.78, 5) is 11.3. The number of hydrogen-bond donors (Lipinski definition) is 1. The smallest absolute Gasteiger partial charge is 0.320 e. The number of carbonyl (C=O) groups is 1. The quantitative estimate of drug-likeness (QED) is 0.692. The van der Waals surface area contributed by atoms with E-state index in [9.17, 15) is 4.79 Å². The Morgan fingerprint density at radius 1 is 1.29 bits per heavy atom. The topological polar surface area (TPSA) is 38.3 Å². The first-order valence-corrected chi connectivity index (χ1v) is 5.34. The third kappa shape index (κ3) is 6.89. The molecule has 0 bridgehead atoms. The number of hydrogen-bond acceptors (Lipinski definition) is 3. The van der Waals surface area contributed by atoms with Gasteiger partial charge < -0.3 is 10.1 Å². The van der Waals surface area contributed by atoms with Crippen LogP contribution in [0.4, 0.5) is 0 Å². The van der Waals surface area contributed by atoms with Gasteiger partial charge in [0.15, 0.2) is 0 Å². The lowest BCUT2D eigenvalue weighted by Crippen LogP contribution is -2.36. The zero-order valence-corrected chi connectivity index (χ0v) is 10.0. The van der Waals surface area contributed by atoms with Crippen LogP contribution in [0.15, 0.2) is 0 Å². The molecule has 3 heteroatoms. The van der Waals surface area contributed by atoms with Crippen LogP contribution in [-0.4, -0.2) is 24.2 Å². The van der Waals surface area contributed by atoms with Gasteiger partial charge in [-0.25, -0.2) is 0 Å². The van der Waals surface area contributed by atoms with Gasteiger partial charge in [-0.15, -0.1) is 0 Å². The van der Waals surface area contributed by atoms with E-state index >= 15 is 0 Å². The van der Waals surface area contributed by atoms with Crippen molar-refractivity contribution in [2.45, 2.75) is 59.1 Å². The molecule has 0 fully saturated rings. The average molecular weight is 201 g/mol. The van der Waals surface area contributed by atoms with Crippen molar-refractivity contribution in [2.24, 2.45) is 0 Å². The highest BCUT2D eigenvalue weighted by molar-refractivity contribution is 5.72. The monoisotopic (exact) mass is 201 g/mol. The van der Waals surface area contributed by atoms with Crippen molar-refractivity contribution in [3.05, 3.63) is 0 Å². The maximum Gasteiger partial charge on any atom is 0.320 e. The van der Waals surface area contributed by atoms with Gasteiger partial charge in [-0.3, -0.25) is 4.79 Å². The molecule has 0 aliphatic rings. The first-order valence-electron chi connectivity index (χ1n) is 5.34. The van der Waals surface area contributed by atoms with E-state index in [2.05, 4.69) is 19.2 Å². The van der Waals surface area contributed by atoms with Gasteiger partial charge in [0.2, 0.25) is 0 Å². The van der Waals surface area contributed by atoms with Gasteiger partial charge in [-0.05, 0) is 33.6 Å². The molecule has 0 rings (SSSR count). The number of nitrogens with one attached hydrogen (secondary N) is 1.